The number of aliphatic hydroxyl groups is 1. The molecule has 0 radical (unpaired) electrons. The quantitative estimate of drug-likeness (QED) is 0.719. The lowest BCUT2D eigenvalue weighted by Crippen LogP contribution is -2.44. The van der Waals surface area contributed by atoms with E-state index in [1.165, 1.54) is 0 Å². The van der Waals surface area contributed by atoms with E-state index in [0.29, 0.717) is 25.1 Å². The smallest absolute Gasteiger partial charge is 0.240 e. The molecule has 0 aliphatic carbocycles. The van der Waals surface area contributed by atoms with Crippen molar-refractivity contribution in [3.8, 4) is 0 Å². The Balaban J connectivity index is 2.11. The molecule has 2 rings (SSSR count). The summed E-state index contributed by atoms with van der Waals surface area (Å²) in [6, 6.07) is 6.80. The SMILES string of the molecule is Cc1ccccc1S(=O)(=O)NCC1(O)CCNC1. The van der Waals surface area contributed by atoms with Gasteiger partial charge in [-0.05, 0) is 31.5 Å². The highest BCUT2D eigenvalue weighted by atomic mass is 32.2. The van der Waals surface area contributed by atoms with Crippen molar-refractivity contribution in [2.75, 3.05) is 19.6 Å². The van der Waals surface area contributed by atoms with E-state index in [4.69, 9.17) is 0 Å². The van der Waals surface area contributed by atoms with Crippen molar-refractivity contribution in [1.29, 1.82) is 0 Å². The van der Waals surface area contributed by atoms with Crippen LogP contribution in [-0.4, -0.2) is 38.8 Å². The Hall–Kier alpha value is -0.950. The van der Waals surface area contributed by atoms with Crippen molar-refractivity contribution in [2.24, 2.45) is 0 Å². The van der Waals surface area contributed by atoms with Crippen molar-refractivity contribution in [3.63, 3.8) is 0 Å². The van der Waals surface area contributed by atoms with Crippen molar-refractivity contribution in [1.82, 2.24) is 10.0 Å². The first-order valence-electron chi connectivity index (χ1n) is 5.91. The van der Waals surface area contributed by atoms with Crippen molar-refractivity contribution in [3.05, 3.63) is 29.8 Å². The van der Waals surface area contributed by atoms with Gasteiger partial charge >= 0.3 is 0 Å². The van der Waals surface area contributed by atoms with Gasteiger partial charge in [0.05, 0.1) is 10.5 Å². The fraction of sp³-hybridized carbons (Fsp3) is 0.500. The van der Waals surface area contributed by atoms with Crippen LogP contribution in [-0.2, 0) is 10.0 Å². The average Bonchev–Trinajstić information content (AvgIpc) is 2.75. The zero-order valence-corrected chi connectivity index (χ0v) is 11.1. The molecular formula is C12H18N2O3S. The number of rotatable bonds is 4. The lowest BCUT2D eigenvalue weighted by molar-refractivity contribution is 0.0667. The van der Waals surface area contributed by atoms with Gasteiger partial charge in [0.15, 0.2) is 0 Å². The summed E-state index contributed by atoms with van der Waals surface area (Å²) in [6.45, 7) is 2.92. The molecule has 5 nitrogen and oxygen atoms in total. The van der Waals surface area contributed by atoms with Gasteiger partial charge in [-0.15, -0.1) is 0 Å². The highest BCUT2D eigenvalue weighted by Crippen LogP contribution is 2.17. The molecule has 0 spiro atoms. The molecular weight excluding hydrogens is 252 g/mol. The third-order valence-corrected chi connectivity index (χ3v) is 4.76. The lowest BCUT2D eigenvalue weighted by atomic mass is 10.1. The number of sulfonamides is 1. The van der Waals surface area contributed by atoms with Crippen LogP contribution in [0.15, 0.2) is 29.2 Å². The molecule has 0 saturated carbocycles. The Morgan fingerprint density at radius 1 is 1.44 bits per heavy atom. The Labute approximate surface area is 107 Å². The second-order valence-electron chi connectivity index (χ2n) is 4.74. The minimum atomic E-state index is -3.55. The molecule has 1 fully saturated rings. The van der Waals surface area contributed by atoms with Crippen LogP contribution < -0.4 is 10.0 Å². The van der Waals surface area contributed by atoms with Gasteiger partial charge in [-0.2, -0.15) is 0 Å². The summed E-state index contributed by atoms with van der Waals surface area (Å²) in [5.74, 6) is 0. The number of nitrogens with one attached hydrogen (secondary N) is 2. The summed E-state index contributed by atoms with van der Waals surface area (Å²) < 4.78 is 26.7. The maximum absolute atomic E-state index is 12.1. The number of β-amino-alcohol motifs (C(OH)–C–C–N with tert-alkyl or cyclic N) is 1. The van der Waals surface area contributed by atoms with Gasteiger partial charge < -0.3 is 10.4 Å². The highest BCUT2D eigenvalue weighted by Gasteiger charge is 2.32. The Morgan fingerprint density at radius 3 is 2.78 bits per heavy atom. The standard InChI is InChI=1S/C12H18N2O3S/c1-10-4-2-3-5-11(10)18(16,17)14-9-12(15)6-7-13-8-12/h2-5,13-15H,6-9H2,1H3. The van der Waals surface area contributed by atoms with Crippen LogP contribution >= 0.6 is 0 Å². The first-order valence-corrected chi connectivity index (χ1v) is 7.40. The van der Waals surface area contributed by atoms with Crippen LogP contribution in [0.2, 0.25) is 0 Å². The summed E-state index contributed by atoms with van der Waals surface area (Å²) >= 11 is 0. The van der Waals surface area contributed by atoms with Crippen LogP contribution in [0.3, 0.4) is 0 Å². The van der Waals surface area contributed by atoms with Crippen LogP contribution in [0.1, 0.15) is 12.0 Å². The molecule has 1 unspecified atom stereocenters. The molecule has 1 atom stereocenters. The molecule has 0 aromatic heterocycles. The molecule has 6 heteroatoms. The maximum Gasteiger partial charge on any atom is 0.240 e. The molecule has 0 amide bonds. The van der Waals surface area contributed by atoms with Gasteiger partial charge in [-0.25, -0.2) is 13.1 Å². The van der Waals surface area contributed by atoms with E-state index in [2.05, 4.69) is 10.0 Å². The number of hydrogen-bond acceptors (Lipinski definition) is 4. The number of aryl methyl sites for hydroxylation is 1. The third kappa shape index (κ3) is 2.89. The molecule has 3 N–H and O–H groups in total. The Morgan fingerprint density at radius 2 is 2.17 bits per heavy atom. The van der Waals surface area contributed by atoms with Crippen LogP contribution in [0.5, 0.6) is 0 Å². The first-order chi connectivity index (χ1) is 8.43. The second-order valence-corrected chi connectivity index (χ2v) is 6.48. The van der Waals surface area contributed by atoms with E-state index in [1.54, 1.807) is 31.2 Å². The zero-order chi connectivity index (χ0) is 13.2. The fourth-order valence-corrected chi connectivity index (χ4v) is 3.41. The van der Waals surface area contributed by atoms with Gasteiger partial charge in [-0.1, -0.05) is 18.2 Å². The molecule has 1 aromatic rings. The number of benzene rings is 1. The van der Waals surface area contributed by atoms with Crippen LogP contribution in [0, 0.1) is 6.92 Å². The largest absolute Gasteiger partial charge is 0.387 e. The molecule has 0 bridgehead atoms. The van der Waals surface area contributed by atoms with E-state index in [9.17, 15) is 13.5 Å². The monoisotopic (exact) mass is 270 g/mol. The van der Waals surface area contributed by atoms with E-state index in [-0.39, 0.29) is 11.4 Å². The minimum absolute atomic E-state index is 0.0384. The summed E-state index contributed by atoms with van der Waals surface area (Å²) in [5, 5.41) is 13.1. The van der Waals surface area contributed by atoms with E-state index in [0.717, 1.165) is 0 Å². The molecule has 18 heavy (non-hydrogen) atoms. The van der Waals surface area contributed by atoms with Gasteiger partial charge in [0.25, 0.3) is 0 Å². The van der Waals surface area contributed by atoms with Gasteiger partial charge in [0, 0.05) is 13.1 Å². The Kier molecular flexibility index (Phi) is 3.72. The zero-order valence-electron chi connectivity index (χ0n) is 10.3. The fourth-order valence-electron chi connectivity index (χ4n) is 2.05. The average molecular weight is 270 g/mol. The summed E-state index contributed by atoms with van der Waals surface area (Å²) in [6.07, 6.45) is 0.559. The molecule has 1 heterocycles. The number of hydrogen-bond donors (Lipinski definition) is 3. The van der Waals surface area contributed by atoms with Crippen molar-refractivity contribution < 1.29 is 13.5 Å². The van der Waals surface area contributed by atoms with Gasteiger partial charge in [0.1, 0.15) is 0 Å². The van der Waals surface area contributed by atoms with E-state index >= 15 is 0 Å². The minimum Gasteiger partial charge on any atom is -0.387 e. The molecule has 1 aliphatic rings. The predicted molar refractivity (Wildman–Crippen MR) is 68.8 cm³/mol. The topological polar surface area (TPSA) is 78.4 Å². The predicted octanol–water partition coefficient (Wildman–Crippen LogP) is -0.00228. The van der Waals surface area contributed by atoms with Crippen LogP contribution in [0.4, 0.5) is 0 Å². The van der Waals surface area contributed by atoms with E-state index in [1.807, 2.05) is 0 Å². The molecule has 1 aliphatic heterocycles. The first kappa shape index (κ1) is 13.5. The Bertz CT molecular complexity index is 522. The lowest BCUT2D eigenvalue weighted by Gasteiger charge is -2.21. The molecule has 1 saturated heterocycles. The third-order valence-electron chi connectivity index (χ3n) is 3.20. The highest BCUT2D eigenvalue weighted by molar-refractivity contribution is 7.89. The second kappa shape index (κ2) is 4.97. The van der Waals surface area contributed by atoms with Crippen LogP contribution in [0.25, 0.3) is 0 Å². The van der Waals surface area contributed by atoms with Crippen molar-refractivity contribution >= 4 is 10.0 Å². The normalized spacial score (nSPS) is 24.3. The maximum atomic E-state index is 12.1. The summed E-state index contributed by atoms with van der Waals surface area (Å²) in [5.41, 5.74) is -0.281. The van der Waals surface area contributed by atoms with Gasteiger partial charge in [0.2, 0.25) is 10.0 Å². The summed E-state index contributed by atoms with van der Waals surface area (Å²) in [7, 11) is -3.55. The van der Waals surface area contributed by atoms with Gasteiger partial charge in [-0.3, -0.25) is 0 Å². The van der Waals surface area contributed by atoms with Crippen molar-refractivity contribution in [2.45, 2.75) is 23.8 Å². The summed E-state index contributed by atoms with van der Waals surface area (Å²) in [4.78, 5) is 0.263. The molecule has 100 valence electrons. The molecule has 1 aromatic carbocycles. The van der Waals surface area contributed by atoms with E-state index < -0.39 is 15.6 Å².